The number of benzene rings is 2. The zero-order chi connectivity index (χ0) is 19.8. The second kappa shape index (κ2) is 9.87. The zero-order valence-corrected chi connectivity index (χ0v) is 15.4. The van der Waals surface area contributed by atoms with Gasteiger partial charge in [-0.2, -0.15) is 0 Å². The largest absolute Gasteiger partial charge is 0.497 e. The van der Waals surface area contributed by atoms with Crippen molar-refractivity contribution in [3.63, 3.8) is 0 Å². The van der Waals surface area contributed by atoms with E-state index in [1.807, 2.05) is 0 Å². The first-order chi connectivity index (χ1) is 13.0. The number of methoxy groups -OCH3 is 2. The Morgan fingerprint density at radius 3 is 2.56 bits per heavy atom. The number of hydrogen-bond donors (Lipinski definition) is 1. The second-order valence-electron chi connectivity index (χ2n) is 5.93. The van der Waals surface area contributed by atoms with E-state index in [-0.39, 0.29) is 44.0 Å². The summed E-state index contributed by atoms with van der Waals surface area (Å²) in [6.45, 7) is 0.135. The van der Waals surface area contributed by atoms with E-state index >= 15 is 0 Å². The Hall–Kier alpha value is -2.67. The number of aliphatic hydroxyl groups excluding tert-OH is 1. The van der Waals surface area contributed by atoms with Crippen LogP contribution < -0.4 is 9.47 Å². The number of aliphatic hydroxyl groups is 1. The van der Waals surface area contributed by atoms with Crippen molar-refractivity contribution in [1.29, 1.82) is 0 Å². The third kappa shape index (κ3) is 5.40. The molecule has 27 heavy (non-hydrogen) atoms. The van der Waals surface area contributed by atoms with Crippen molar-refractivity contribution < 1.29 is 28.2 Å². The fourth-order valence-corrected chi connectivity index (χ4v) is 2.74. The maximum Gasteiger partial charge on any atom is 0.223 e. The molecule has 0 aliphatic rings. The highest BCUT2D eigenvalue weighted by molar-refractivity contribution is 5.76. The van der Waals surface area contributed by atoms with Crippen LogP contribution in [0.2, 0.25) is 0 Å². The number of ether oxygens (including phenoxy) is 2. The first kappa shape index (κ1) is 20.6. The summed E-state index contributed by atoms with van der Waals surface area (Å²) in [6.07, 6.45) is 0.0724. The molecular formula is C20H23F2NO4. The van der Waals surface area contributed by atoms with Crippen LogP contribution in [0.15, 0.2) is 36.4 Å². The van der Waals surface area contributed by atoms with Gasteiger partial charge in [0.2, 0.25) is 5.91 Å². The summed E-state index contributed by atoms with van der Waals surface area (Å²) in [7, 11) is 3.06. The van der Waals surface area contributed by atoms with Crippen molar-refractivity contribution in [2.24, 2.45) is 0 Å². The van der Waals surface area contributed by atoms with Crippen LogP contribution in [0.25, 0.3) is 0 Å². The van der Waals surface area contributed by atoms with E-state index < -0.39 is 11.6 Å². The SMILES string of the molecule is COc1ccc(CN(CCO)C(=O)CCc2cccc(F)c2F)c(OC)c1. The first-order valence-corrected chi connectivity index (χ1v) is 8.52. The fourth-order valence-electron chi connectivity index (χ4n) is 2.74. The highest BCUT2D eigenvalue weighted by Crippen LogP contribution is 2.26. The Kier molecular flexibility index (Phi) is 7.55. The highest BCUT2D eigenvalue weighted by atomic mass is 19.2. The molecule has 0 bridgehead atoms. The normalized spacial score (nSPS) is 10.6. The Bertz CT molecular complexity index is 783. The number of nitrogens with zero attached hydrogens (tertiary/aromatic N) is 1. The van der Waals surface area contributed by atoms with Gasteiger partial charge in [-0.25, -0.2) is 8.78 Å². The van der Waals surface area contributed by atoms with Gasteiger partial charge in [0.15, 0.2) is 11.6 Å². The lowest BCUT2D eigenvalue weighted by Crippen LogP contribution is -2.33. The van der Waals surface area contributed by atoms with E-state index in [2.05, 4.69) is 0 Å². The van der Waals surface area contributed by atoms with Gasteiger partial charge in [-0.3, -0.25) is 4.79 Å². The molecule has 2 aromatic rings. The minimum atomic E-state index is -0.935. The fraction of sp³-hybridized carbons (Fsp3) is 0.350. The predicted molar refractivity (Wildman–Crippen MR) is 96.7 cm³/mol. The van der Waals surface area contributed by atoms with E-state index in [4.69, 9.17) is 9.47 Å². The minimum Gasteiger partial charge on any atom is -0.497 e. The molecule has 0 saturated carbocycles. The molecule has 0 unspecified atom stereocenters. The Labute approximate surface area is 157 Å². The molecule has 0 aromatic heterocycles. The quantitative estimate of drug-likeness (QED) is 0.728. The number of carbonyl (C=O) groups excluding carboxylic acids is 1. The molecule has 1 N–H and O–H groups in total. The number of hydrogen-bond acceptors (Lipinski definition) is 4. The molecule has 1 amide bonds. The summed E-state index contributed by atoms with van der Waals surface area (Å²) < 4.78 is 37.5. The van der Waals surface area contributed by atoms with E-state index in [1.165, 1.54) is 24.1 Å². The summed E-state index contributed by atoms with van der Waals surface area (Å²) in [6, 6.07) is 9.14. The van der Waals surface area contributed by atoms with Gasteiger partial charge in [0, 0.05) is 31.1 Å². The van der Waals surface area contributed by atoms with Crippen molar-refractivity contribution in [2.45, 2.75) is 19.4 Å². The molecule has 5 nitrogen and oxygen atoms in total. The molecular weight excluding hydrogens is 356 g/mol. The lowest BCUT2D eigenvalue weighted by molar-refractivity contribution is -0.132. The first-order valence-electron chi connectivity index (χ1n) is 8.52. The molecule has 2 aromatic carbocycles. The average Bonchev–Trinajstić information content (AvgIpc) is 2.68. The van der Waals surface area contributed by atoms with Gasteiger partial charge >= 0.3 is 0 Å². The number of aryl methyl sites for hydroxylation is 1. The van der Waals surface area contributed by atoms with E-state index in [0.717, 1.165) is 11.6 Å². The highest BCUT2D eigenvalue weighted by Gasteiger charge is 2.17. The van der Waals surface area contributed by atoms with Crippen LogP contribution in [-0.2, 0) is 17.8 Å². The van der Waals surface area contributed by atoms with Crippen molar-refractivity contribution in [3.8, 4) is 11.5 Å². The average molecular weight is 379 g/mol. The van der Waals surface area contributed by atoms with Crippen molar-refractivity contribution in [3.05, 3.63) is 59.2 Å². The van der Waals surface area contributed by atoms with Crippen LogP contribution in [0.1, 0.15) is 17.5 Å². The molecule has 146 valence electrons. The Morgan fingerprint density at radius 1 is 1.11 bits per heavy atom. The molecule has 0 spiro atoms. The second-order valence-corrected chi connectivity index (χ2v) is 5.93. The van der Waals surface area contributed by atoms with Crippen LogP contribution in [0, 0.1) is 11.6 Å². The summed E-state index contributed by atoms with van der Waals surface area (Å²) in [5.41, 5.74) is 0.895. The predicted octanol–water partition coefficient (Wildman–Crippen LogP) is 2.94. The molecule has 0 aliphatic carbocycles. The smallest absolute Gasteiger partial charge is 0.223 e. The van der Waals surface area contributed by atoms with Crippen LogP contribution in [0.4, 0.5) is 8.78 Å². The third-order valence-electron chi connectivity index (χ3n) is 4.22. The Morgan fingerprint density at radius 2 is 1.89 bits per heavy atom. The van der Waals surface area contributed by atoms with Gasteiger partial charge in [0.1, 0.15) is 11.5 Å². The third-order valence-corrected chi connectivity index (χ3v) is 4.22. The van der Waals surface area contributed by atoms with Gasteiger partial charge in [-0.15, -0.1) is 0 Å². The van der Waals surface area contributed by atoms with Gasteiger partial charge in [-0.05, 0) is 30.2 Å². The van der Waals surface area contributed by atoms with Gasteiger partial charge in [0.25, 0.3) is 0 Å². The maximum absolute atomic E-state index is 13.7. The summed E-state index contributed by atoms with van der Waals surface area (Å²) >= 11 is 0. The Balaban J connectivity index is 2.10. The molecule has 0 saturated heterocycles. The van der Waals surface area contributed by atoms with Crippen molar-refractivity contribution in [1.82, 2.24) is 4.90 Å². The van der Waals surface area contributed by atoms with Crippen LogP contribution in [-0.4, -0.2) is 43.3 Å². The van der Waals surface area contributed by atoms with E-state index in [9.17, 15) is 18.7 Å². The van der Waals surface area contributed by atoms with Crippen LogP contribution in [0.3, 0.4) is 0 Å². The number of halogens is 2. The zero-order valence-electron chi connectivity index (χ0n) is 15.4. The molecule has 2 rings (SSSR count). The summed E-state index contributed by atoms with van der Waals surface area (Å²) in [4.78, 5) is 14.0. The maximum atomic E-state index is 13.7. The number of rotatable bonds is 9. The summed E-state index contributed by atoms with van der Waals surface area (Å²) in [5, 5.41) is 9.28. The van der Waals surface area contributed by atoms with Crippen molar-refractivity contribution in [2.75, 3.05) is 27.4 Å². The monoisotopic (exact) mass is 379 g/mol. The molecule has 7 heteroatoms. The molecule has 0 atom stereocenters. The molecule has 0 fully saturated rings. The number of amides is 1. The standard InChI is InChI=1S/C20H23F2NO4/c1-26-16-8-6-15(18(12-16)27-2)13-23(10-11-24)19(25)9-7-14-4-3-5-17(21)20(14)22/h3-6,8,12,24H,7,9-11,13H2,1-2H3. The van der Waals surface area contributed by atoms with Gasteiger partial charge in [-0.1, -0.05) is 12.1 Å². The van der Waals surface area contributed by atoms with Crippen LogP contribution in [0.5, 0.6) is 11.5 Å². The van der Waals surface area contributed by atoms with Crippen molar-refractivity contribution >= 4 is 5.91 Å². The lowest BCUT2D eigenvalue weighted by atomic mass is 10.1. The van der Waals surface area contributed by atoms with E-state index in [1.54, 1.807) is 25.3 Å². The molecule has 0 radical (unpaired) electrons. The topological polar surface area (TPSA) is 59.0 Å². The van der Waals surface area contributed by atoms with E-state index in [0.29, 0.717) is 11.5 Å². The van der Waals surface area contributed by atoms with Gasteiger partial charge in [0.05, 0.1) is 20.8 Å². The summed E-state index contributed by atoms with van der Waals surface area (Å²) in [5.74, 6) is -0.963. The number of carbonyl (C=O) groups is 1. The molecule has 0 heterocycles. The molecule has 0 aliphatic heterocycles. The minimum absolute atomic E-state index is 0.00115. The lowest BCUT2D eigenvalue weighted by Gasteiger charge is -2.23. The van der Waals surface area contributed by atoms with Gasteiger partial charge < -0.3 is 19.5 Å². The van der Waals surface area contributed by atoms with Crippen LogP contribution >= 0.6 is 0 Å².